The number of hydrogen-bond acceptors (Lipinski definition) is 3. The van der Waals surface area contributed by atoms with Crippen molar-refractivity contribution >= 4 is 33.2 Å². The van der Waals surface area contributed by atoms with Crippen LogP contribution >= 0.6 is 27.3 Å². The van der Waals surface area contributed by atoms with Crippen LogP contribution in [0.4, 0.5) is 0 Å². The molecule has 0 fully saturated rings. The third-order valence-electron chi connectivity index (χ3n) is 2.63. The third kappa shape index (κ3) is 4.77. The maximum Gasteiger partial charge on any atom is 0.236 e. The summed E-state index contributed by atoms with van der Waals surface area (Å²) >= 11 is 5.15. The van der Waals surface area contributed by atoms with E-state index in [4.69, 9.17) is 0 Å². The zero-order chi connectivity index (χ0) is 13.0. The van der Waals surface area contributed by atoms with Gasteiger partial charge in [0.1, 0.15) is 0 Å². The van der Waals surface area contributed by atoms with Crippen LogP contribution in [-0.2, 0) is 11.3 Å². The Bertz CT molecular complexity index is 378. The molecule has 17 heavy (non-hydrogen) atoms. The predicted octanol–water partition coefficient (Wildman–Crippen LogP) is 2.81. The summed E-state index contributed by atoms with van der Waals surface area (Å²) in [4.78, 5) is 17.0. The Kier molecular flexibility index (Phi) is 5.62. The molecule has 3 nitrogen and oxygen atoms in total. The first-order chi connectivity index (χ1) is 7.90. The van der Waals surface area contributed by atoms with Gasteiger partial charge >= 0.3 is 0 Å². The minimum Gasteiger partial charge on any atom is -0.342 e. The minimum absolute atomic E-state index is 0.165. The van der Waals surface area contributed by atoms with Gasteiger partial charge in [0.25, 0.3) is 0 Å². The van der Waals surface area contributed by atoms with Crippen LogP contribution in [0, 0.1) is 0 Å². The Balaban J connectivity index is 2.44. The van der Waals surface area contributed by atoms with Crippen LogP contribution in [0.25, 0.3) is 0 Å². The molecule has 0 aliphatic carbocycles. The molecule has 0 bridgehead atoms. The molecule has 0 aliphatic rings. The van der Waals surface area contributed by atoms with Crippen molar-refractivity contribution in [2.75, 3.05) is 20.6 Å². The van der Waals surface area contributed by atoms with Gasteiger partial charge in [0.15, 0.2) is 0 Å². The summed E-state index contributed by atoms with van der Waals surface area (Å²) in [6, 6.07) is 4.38. The highest BCUT2D eigenvalue weighted by atomic mass is 79.9. The van der Waals surface area contributed by atoms with Gasteiger partial charge in [-0.25, -0.2) is 0 Å². The molecule has 0 aromatic carbocycles. The Hall–Kier alpha value is -0.390. The van der Waals surface area contributed by atoms with E-state index in [1.165, 1.54) is 4.88 Å². The molecule has 96 valence electrons. The molecule has 0 aliphatic heterocycles. The monoisotopic (exact) mass is 318 g/mol. The number of hydrogen-bond donors (Lipinski definition) is 0. The maximum absolute atomic E-state index is 11.9. The summed E-state index contributed by atoms with van der Waals surface area (Å²) in [5.74, 6) is 0.165. The number of thiophene rings is 1. The van der Waals surface area contributed by atoms with Crippen molar-refractivity contribution in [1.29, 1.82) is 0 Å². The van der Waals surface area contributed by atoms with Gasteiger partial charge in [-0.3, -0.25) is 9.69 Å². The second-order valence-electron chi connectivity index (χ2n) is 4.48. The molecule has 0 radical (unpaired) electrons. The first kappa shape index (κ1) is 14.7. The van der Waals surface area contributed by atoms with Crippen LogP contribution in [0.1, 0.15) is 18.7 Å². The summed E-state index contributed by atoms with van der Waals surface area (Å²) in [6.45, 7) is 5.32. The molecule has 1 aromatic rings. The highest BCUT2D eigenvalue weighted by Gasteiger charge is 2.14. The van der Waals surface area contributed by atoms with E-state index in [0.717, 1.165) is 10.3 Å². The van der Waals surface area contributed by atoms with E-state index in [1.807, 2.05) is 38.9 Å². The van der Waals surface area contributed by atoms with Gasteiger partial charge in [-0.15, -0.1) is 11.3 Å². The fourth-order valence-corrected chi connectivity index (χ4v) is 2.95. The normalized spacial score (nSPS) is 11.2. The third-order valence-corrected chi connectivity index (χ3v) is 4.24. The van der Waals surface area contributed by atoms with Crippen molar-refractivity contribution in [2.24, 2.45) is 0 Å². The lowest BCUT2D eigenvalue weighted by Gasteiger charge is -2.24. The second-order valence-corrected chi connectivity index (χ2v) is 7.02. The molecule has 1 heterocycles. The molecular formula is C12H19BrN2OS. The van der Waals surface area contributed by atoms with Crippen LogP contribution < -0.4 is 0 Å². The molecule has 0 spiro atoms. The minimum atomic E-state index is 0.165. The Morgan fingerprint density at radius 3 is 2.53 bits per heavy atom. The second kappa shape index (κ2) is 6.52. The van der Waals surface area contributed by atoms with Crippen LogP contribution in [-0.4, -0.2) is 42.4 Å². The maximum atomic E-state index is 11.9. The van der Waals surface area contributed by atoms with Gasteiger partial charge in [0.05, 0.1) is 10.3 Å². The van der Waals surface area contributed by atoms with Crippen molar-refractivity contribution in [2.45, 2.75) is 26.4 Å². The molecule has 1 amide bonds. The van der Waals surface area contributed by atoms with Crippen molar-refractivity contribution in [1.82, 2.24) is 9.80 Å². The molecule has 5 heteroatoms. The molecule has 0 saturated heterocycles. The number of carbonyl (C=O) groups is 1. The van der Waals surface area contributed by atoms with E-state index >= 15 is 0 Å². The van der Waals surface area contributed by atoms with Crippen LogP contribution in [0.5, 0.6) is 0 Å². The van der Waals surface area contributed by atoms with Gasteiger partial charge in [0.2, 0.25) is 5.91 Å². The lowest BCUT2D eigenvalue weighted by Crippen LogP contribution is -2.39. The Morgan fingerprint density at radius 2 is 2.06 bits per heavy atom. The number of nitrogens with zero attached hydrogens (tertiary/aromatic N) is 2. The number of amides is 1. The van der Waals surface area contributed by atoms with E-state index in [1.54, 1.807) is 16.2 Å². The fraction of sp³-hybridized carbons (Fsp3) is 0.583. The van der Waals surface area contributed by atoms with E-state index in [0.29, 0.717) is 6.54 Å². The fourth-order valence-electron chi connectivity index (χ4n) is 1.39. The largest absolute Gasteiger partial charge is 0.342 e. The predicted molar refractivity (Wildman–Crippen MR) is 76.3 cm³/mol. The van der Waals surface area contributed by atoms with Gasteiger partial charge in [0, 0.05) is 24.5 Å². The molecule has 0 atom stereocenters. The van der Waals surface area contributed by atoms with E-state index in [2.05, 4.69) is 22.0 Å². The Morgan fingerprint density at radius 1 is 1.41 bits per heavy atom. The smallest absolute Gasteiger partial charge is 0.236 e. The van der Waals surface area contributed by atoms with Gasteiger partial charge in [-0.1, -0.05) is 0 Å². The lowest BCUT2D eigenvalue weighted by molar-refractivity contribution is -0.132. The zero-order valence-corrected chi connectivity index (χ0v) is 13.1. The summed E-state index contributed by atoms with van der Waals surface area (Å²) in [6.07, 6.45) is 0. The van der Waals surface area contributed by atoms with Gasteiger partial charge in [-0.05, 0) is 49.0 Å². The molecule has 1 rings (SSSR count). The van der Waals surface area contributed by atoms with Gasteiger partial charge < -0.3 is 4.90 Å². The zero-order valence-electron chi connectivity index (χ0n) is 10.7. The summed E-state index contributed by atoms with van der Waals surface area (Å²) in [5.41, 5.74) is 0. The molecule has 0 unspecified atom stereocenters. The highest BCUT2D eigenvalue weighted by Crippen LogP contribution is 2.22. The van der Waals surface area contributed by atoms with E-state index in [9.17, 15) is 4.79 Å². The summed E-state index contributed by atoms with van der Waals surface area (Å²) in [5, 5.41) is 0. The number of halogens is 1. The highest BCUT2D eigenvalue weighted by molar-refractivity contribution is 9.11. The standard InChI is InChI=1S/C12H19BrN2OS/c1-9(2)15(4)12(16)8-14(3)7-10-5-6-11(13)17-10/h5-6,9H,7-8H2,1-4H3. The average molecular weight is 319 g/mol. The summed E-state index contributed by atoms with van der Waals surface area (Å²) in [7, 11) is 3.82. The van der Waals surface area contributed by atoms with Crippen LogP contribution in [0.2, 0.25) is 0 Å². The van der Waals surface area contributed by atoms with Crippen LogP contribution in [0.15, 0.2) is 15.9 Å². The first-order valence-corrected chi connectivity index (χ1v) is 7.19. The van der Waals surface area contributed by atoms with Crippen molar-refractivity contribution < 1.29 is 4.79 Å². The van der Waals surface area contributed by atoms with Gasteiger partial charge in [-0.2, -0.15) is 0 Å². The molecule has 0 saturated carbocycles. The van der Waals surface area contributed by atoms with E-state index in [-0.39, 0.29) is 11.9 Å². The molecular weight excluding hydrogens is 300 g/mol. The van der Waals surface area contributed by atoms with Crippen LogP contribution in [0.3, 0.4) is 0 Å². The van der Waals surface area contributed by atoms with Crippen molar-refractivity contribution in [3.05, 3.63) is 20.8 Å². The summed E-state index contributed by atoms with van der Waals surface area (Å²) < 4.78 is 1.13. The van der Waals surface area contributed by atoms with Crippen molar-refractivity contribution in [3.63, 3.8) is 0 Å². The number of carbonyl (C=O) groups excluding carboxylic acids is 1. The first-order valence-electron chi connectivity index (χ1n) is 5.58. The quantitative estimate of drug-likeness (QED) is 0.833. The topological polar surface area (TPSA) is 23.6 Å². The average Bonchev–Trinajstić information content (AvgIpc) is 2.62. The lowest BCUT2D eigenvalue weighted by atomic mass is 10.3. The number of likely N-dealkylation sites (N-methyl/N-ethyl adjacent to an activating group) is 2. The number of rotatable bonds is 5. The molecule has 1 aromatic heterocycles. The Labute approximate surface area is 116 Å². The van der Waals surface area contributed by atoms with Crippen molar-refractivity contribution in [3.8, 4) is 0 Å². The molecule has 0 N–H and O–H groups in total. The SMILES string of the molecule is CC(C)N(C)C(=O)CN(C)Cc1ccc(Br)s1. The van der Waals surface area contributed by atoms with E-state index < -0.39 is 0 Å².